The van der Waals surface area contributed by atoms with E-state index in [0.29, 0.717) is 23.0 Å². The zero-order valence-corrected chi connectivity index (χ0v) is 18.1. The highest BCUT2D eigenvalue weighted by molar-refractivity contribution is 7.13. The minimum Gasteiger partial charge on any atom is -0.489 e. The Kier molecular flexibility index (Phi) is 6.56. The molecule has 162 valence electrons. The Bertz CT molecular complexity index is 1210. The number of thiazole rings is 1. The number of halogens is 2. The third-order valence-electron chi connectivity index (χ3n) is 4.86. The van der Waals surface area contributed by atoms with Crippen molar-refractivity contribution in [3.8, 4) is 16.3 Å². The van der Waals surface area contributed by atoms with Gasteiger partial charge in [0.05, 0.1) is 5.56 Å². The van der Waals surface area contributed by atoms with E-state index in [1.165, 1.54) is 29.5 Å². The molecule has 4 rings (SSSR count). The van der Waals surface area contributed by atoms with Crippen molar-refractivity contribution in [3.63, 3.8) is 0 Å². The molecule has 3 aromatic carbocycles. The molecule has 0 saturated heterocycles. The summed E-state index contributed by atoms with van der Waals surface area (Å²) in [6.45, 7) is 0.260. The molecule has 4 aromatic rings. The number of hydrogen-bond donors (Lipinski definition) is 0. The largest absolute Gasteiger partial charge is 0.489 e. The van der Waals surface area contributed by atoms with Crippen LogP contribution in [0.1, 0.15) is 21.6 Å². The van der Waals surface area contributed by atoms with Gasteiger partial charge < -0.3 is 9.64 Å². The molecule has 0 radical (unpaired) electrons. The lowest BCUT2D eigenvalue weighted by molar-refractivity contribution is 0.0780. The molecule has 4 nitrogen and oxygen atoms in total. The number of hydrogen-bond acceptors (Lipinski definition) is 4. The first-order valence-corrected chi connectivity index (χ1v) is 10.8. The van der Waals surface area contributed by atoms with Gasteiger partial charge in [0.15, 0.2) is 0 Å². The Balaban J connectivity index is 1.45. The summed E-state index contributed by atoms with van der Waals surface area (Å²) in [4.78, 5) is 18.9. The normalized spacial score (nSPS) is 10.7. The van der Waals surface area contributed by atoms with Gasteiger partial charge in [0.2, 0.25) is 0 Å². The summed E-state index contributed by atoms with van der Waals surface area (Å²) in [5, 5.41) is 2.38. The van der Waals surface area contributed by atoms with E-state index in [4.69, 9.17) is 4.74 Å². The van der Waals surface area contributed by atoms with E-state index >= 15 is 0 Å². The summed E-state index contributed by atoms with van der Waals surface area (Å²) in [5.41, 5.74) is 2.03. The second-order valence-corrected chi connectivity index (χ2v) is 8.06. The highest BCUT2D eigenvalue weighted by Gasteiger charge is 2.17. The van der Waals surface area contributed by atoms with E-state index in [9.17, 15) is 13.6 Å². The first kappa shape index (κ1) is 21.6. The first-order chi connectivity index (χ1) is 15.5. The summed E-state index contributed by atoms with van der Waals surface area (Å²) in [7, 11) is 1.74. The highest BCUT2D eigenvalue weighted by atomic mass is 32.1. The zero-order valence-electron chi connectivity index (χ0n) is 17.3. The quantitative estimate of drug-likeness (QED) is 0.350. The fraction of sp³-hybridized carbons (Fsp3) is 0.120. The lowest BCUT2D eigenvalue weighted by Gasteiger charge is -2.15. The summed E-state index contributed by atoms with van der Waals surface area (Å²) >= 11 is 1.35. The maximum Gasteiger partial charge on any atom is 0.273 e. The van der Waals surface area contributed by atoms with E-state index in [1.807, 2.05) is 36.4 Å². The third-order valence-corrected chi connectivity index (χ3v) is 5.75. The molecule has 0 bridgehead atoms. The van der Waals surface area contributed by atoms with Crippen LogP contribution in [0.5, 0.6) is 5.75 Å². The van der Waals surface area contributed by atoms with Crippen LogP contribution < -0.4 is 4.74 Å². The van der Waals surface area contributed by atoms with Crippen molar-refractivity contribution < 1.29 is 18.3 Å². The molecule has 0 fully saturated rings. The van der Waals surface area contributed by atoms with Crippen LogP contribution in [0.3, 0.4) is 0 Å². The van der Waals surface area contributed by atoms with Crippen LogP contribution in [0.4, 0.5) is 8.78 Å². The lowest BCUT2D eigenvalue weighted by atomic mass is 10.2. The van der Waals surface area contributed by atoms with Crippen molar-refractivity contribution in [1.82, 2.24) is 9.88 Å². The first-order valence-electron chi connectivity index (χ1n) is 9.92. The molecule has 0 unspecified atom stereocenters. The van der Waals surface area contributed by atoms with Crippen LogP contribution in [0.15, 0.2) is 78.2 Å². The van der Waals surface area contributed by atoms with E-state index in [0.717, 1.165) is 11.1 Å². The van der Waals surface area contributed by atoms with E-state index in [2.05, 4.69) is 4.98 Å². The number of carbonyl (C=O) groups excluding carboxylic acids is 1. The second kappa shape index (κ2) is 9.70. The van der Waals surface area contributed by atoms with E-state index in [1.54, 1.807) is 35.5 Å². The van der Waals surface area contributed by atoms with Crippen molar-refractivity contribution in [2.75, 3.05) is 7.05 Å². The number of rotatable bonds is 7. The number of ether oxygens (including phenoxy) is 1. The Morgan fingerprint density at radius 3 is 2.47 bits per heavy atom. The van der Waals surface area contributed by atoms with Crippen molar-refractivity contribution in [1.29, 1.82) is 0 Å². The smallest absolute Gasteiger partial charge is 0.273 e. The molecule has 0 aliphatic carbocycles. The van der Waals surface area contributed by atoms with Gasteiger partial charge in [-0.2, -0.15) is 0 Å². The molecular weight excluding hydrogens is 430 g/mol. The highest BCUT2D eigenvalue weighted by Crippen LogP contribution is 2.28. The van der Waals surface area contributed by atoms with Crippen LogP contribution in [-0.2, 0) is 13.2 Å². The van der Waals surface area contributed by atoms with Crippen LogP contribution in [0.2, 0.25) is 0 Å². The minimum atomic E-state index is -0.649. The molecule has 0 aliphatic heterocycles. The Morgan fingerprint density at radius 1 is 1.00 bits per heavy atom. The van der Waals surface area contributed by atoms with Gasteiger partial charge in [-0.15, -0.1) is 11.3 Å². The summed E-state index contributed by atoms with van der Waals surface area (Å²) in [5.74, 6) is -1.01. The van der Waals surface area contributed by atoms with Crippen LogP contribution >= 0.6 is 11.3 Å². The molecule has 1 heterocycles. The molecule has 0 N–H and O–H groups in total. The van der Waals surface area contributed by atoms with Gasteiger partial charge >= 0.3 is 0 Å². The molecule has 1 aromatic heterocycles. The van der Waals surface area contributed by atoms with Crippen molar-refractivity contribution in [3.05, 3.63) is 107 Å². The SMILES string of the molecule is CN(Cc1ccccc1)C(=O)c1csc(-c2cccc(OCc3c(F)cccc3F)c2)n1. The van der Waals surface area contributed by atoms with Crippen LogP contribution in [-0.4, -0.2) is 22.8 Å². The number of carbonyl (C=O) groups is 1. The third kappa shape index (κ3) is 5.00. The van der Waals surface area contributed by atoms with Gasteiger partial charge in [-0.25, -0.2) is 13.8 Å². The average Bonchev–Trinajstić information content (AvgIpc) is 3.29. The number of benzene rings is 3. The van der Waals surface area contributed by atoms with Gasteiger partial charge in [-0.1, -0.05) is 48.5 Å². The molecule has 0 atom stereocenters. The predicted molar refractivity (Wildman–Crippen MR) is 120 cm³/mol. The van der Waals surface area contributed by atoms with Crippen LogP contribution in [0, 0.1) is 11.6 Å². The minimum absolute atomic E-state index is 0.124. The van der Waals surface area contributed by atoms with E-state index < -0.39 is 11.6 Å². The molecule has 7 heteroatoms. The fourth-order valence-electron chi connectivity index (χ4n) is 3.17. The monoisotopic (exact) mass is 450 g/mol. The lowest BCUT2D eigenvalue weighted by Crippen LogP contribution is -2.26. The maximum atomic E-state index is 13.8. The standard InChI is InChI=1S/C25H20F2N2O2S/c1-29(14-17-7-3-2-4-8-17)25(30)23-16-32-24(28-23)18-9-5-10-19(13-18)31-15-20-21(26)11-6-12-22(20)27/h2-13,16H,14-15H2,1H3. The second-order valence-electron chi connectivity index (χ2n) is 7.20. The number of amides is 1. The fourth-order valence-corrected chi connectivity index (χ4v) is 3.96. The van der Waals surface area contributed by atoms with Crippen LogP contribution in [0.25, 0.3) is 10.6 Å². The van der Waals surface area contributed by atoms with Crippen molar-refractivity contribution in [2.24, 2.45) is 0 Å². The number of aromatic nitrogens is 1. The molecule has 32 heavy (non-hydrogen) atoms. The van der Waals surface area contributed by atoms with Gasteiger partial charge in [0.1, 0.15) is 34.7 Å². The zero-order chi connectivity index (χ0) is 22.5. The Labute approximate surface area is 188 Å². The average molecular weight is 451 g/mol. The van der Waals surface area contributed by atoms with Gasteiger partial charge in [-0.3, -0.25) is 4.79 Å². The maximum absolute atomic E-state index is 13.8. The molecule has 0 aliphatic rings. The molecule has 0 spiro atoms. The molecule has 0 saturated carbocycles. The summed E-state index contributed by atoms with van der Waals surface area (Å²) in [6, 6.07) is 20.5. The summed E-state index contributed by atoms with van der Waals surface area (Å²) in [6.07, 6.45) is 0. The van der Waals surface area contributed by atoms with Gasteiger partial charge in [0.25, 0.3) is 5.91 Å². The van der Waals surface area contributed by atoms with Crippen molar-refractivity contribution >= 4 is 17.2 Å². The molecule has 1 amide bonds. The number of nitrogens with zero attached hydrogens (tertiary/aromatic N) is 2. The van der Waals surface area contributed by atoms with Crippen molar-refractivity contribution in [2.45, 2.75) is 13.2 Å². The van der Waals surface area contributed by atoms with Gasteiger partial charge in [-0.05, 0) is 29.8 Å². The predicted octanol–water partition coefficient (Wildman–Crippen LogP) is 5.94. The summed E-state index contributed by atoms with van der Waals surface area (Å²) < 4.78 is 33.2. The molecular formula is C25H20F2N2O2S. The Morgan fingerprint density at radius 2 is 1.72 bits per heavy atom. The topological polar surface area (TPSA) is 42.4 Å². The van der Waals surface area contributed by atoms with E-state index in [-0.39, 0.29) is 18.1 Å². The van der Waals surface area contributed by atoms with Gasteiger partial charge in [0, 0.05) is 24.5 Å². The Hall–Kier alpha value is -3.58.